The Morgan fingerprint density at radius 3 is 2.79 bits per heavy atom. The second-order valence-corrected chi connectivity index (χ2v) is 8.53. The quantitative estimate of drug-likeness (QED) is 0.879. The summed E-state index contributed by atoms with van der Waals surface area (Å²) in [7, 11) is 0. The first kappa shape index (κ1) is 16.0. The van der Waals surface area contributed by atoms with Crippen molar-refractivity contribution < 1.29 is 9.59 Å². The fourth-order valence-corrected chi connectivity index (χ4v) is 5.12. The molecule has 0 radical (unpaired) electrons. The van der Waals surface area contributed by atoms with Crippen LogP contribution in [0.3, 0.4) is 0 Å². The first-order valence-electron chi connectivity index (χ1n) is 8.82. The van der Waals surface area contributed by atoms with E-state index in [0.29, 0.717) is 18.6 Å². The van der Waals surface area contributed by atoms with Crippen molar-refractivity contribution in [3.63, 3.8) is 0 Å². The molecule has 4 rings (SSSR count). The highest BCUT2D eigenvalue weighted by Gasteiger charge is 2.42. The van der Waals surface area contributed by atoms with Gasteiger partial charge in [0.05, 0.1) is 6.20 Å². The molecule has 0 aromatic carbocycles. The lowest BCUT2D eigenvalue weighted by Crippen LogP contribution is -2.34. The van der Waals surface area contributed by atoms with Crippen LogP contribution in [0.1, 0.15) is 48.2 Å². The van der Waals surface area contributed by atoms with Crippen molar-refractivity contribution in [2.45, 2.75) is 44.6 Å². The lowest BCUT2D eigenvalue weighted by molar-refractivity contribution is -0.122. The molecule has 3 fully saturated rings. The van der Waals surface area contributed by atoms with E-state index in [4.69, 9.17) is 5.73 Å². The van der Waals surface area contributed by atoms with Crippen LogP contribution in [0.4, 0.5) is 5.13 Å². The number of amides is 1. The van der Waals surface area contributed by atoms with E-state index in [1.165, 1.54) is 11.3 Å². The molecule has 2 N–H and O–H groups in total. The van der Waals surface area contributed by atoms with Gasteiger partial charge in [0.15, 0.2) is 5.13 Å². The Morgan fingerprint density at radius 2 is 2.08 bits per heavy atom. The largest absolute Gasteiger partial charge is 0.346 e. The van der Waals surface area contributed by atoms with E-state index in [1.54, 1.807) is 6.20 Å². The predicted octanol–water partition coefficient (Wildman–Crippen LogP) is 1.66. The maximum atomic E-state index is 12.8. The predicted molar refractivity (Wildman–Crippen MR) is 93.3 cm³/mol. The summed E-state index contributed by atoms with van der Waals surface area (Å²) in [5.41, 5.74) is 6.13. The van der Waals surface area contributed by atoms with Crippen molar-refractivity contribution in [2.24, 2.45) is 11.1 Å². The standard InChI is InChI=1S/C17H24N4O2S/c18-12-3-7-20(10-12)16-19-9-14(24-16)15(23)21-8-6-17(11-21)4-1-13(22)2-5-17/h9,12H,1-8,10-11,18H2/t12-/m0/s1. The zero-order chi connectivity index (χ0) is 16.7. The number of ketones is 1. The van der Waals surface area contributed by atoms with Gasteiger partial charge in [-0.15, -0.1) is 0 Å². The van der Waals surface area contributed by atoms with E-state index >= 15 is 0 Å². The smallest absolute Gasteiger partial charge is 0.265 e. The molecule has 1 spiro atoms. The van der Waals surface area contributed by atoms with Gasteiger partial charge in [-0.1, -0.05) is 11.3 Å². The Hall–Kier alpha value is -1.47. The number of Topliss-reactive ketones (excluding diaryl/α,β-unsaturated/α-hetero) is 1. The number of hydrogen-bond acceptors (Lipinski definition) is 6. The number of aromatic nitrogens is 1. The van der Waals surface area contributed by atoms with Crippen molar-refractivity contribution in [3.8, 4) is 0 Å². The van der Waals surface area contributed by atoms with Crippen LogP contribution in [0.2, 0.25) is 0 Å². The van der Waals surface area contributed by atoms with Crippen molar-refractivity contribution in [1.29, 1.82) is 0 Å². The highest BCUT2D eigenvalue weighted by atomic mass is 32.1. The first-order chi connectivity index (χ1) is 11.5. The number of carbonyl (C=O) groups is 2. The molecule has 1 aliphatic carbocycles. The van der Waals surface area contributed by atoms with Crippen molar-refractivity contribution in [3.05, 3.63) is 11.1 Å². The normalized spacial score (nSPS) is 26.5. The molecule has 1 saturated carbocycles. The Kier molecular flexibility index (Phi) is 4.08. The van der Waals surface area contributed by atoms with Crippen LogP contribution in [0.25, 0.3) is 0 Å². The molecule has 6 nitrogen and oxygen atoms in total. The summed E-state index contributed by atoms with van der Waals surface area (Å²) in [6, 6.07) is 0.209. The number of nitrogens with zero attached hydrogens (tertiary/aromatic N) is 3. The minimum Gasteiger partial charge on any atom is -0.346 e. The van der Waals surface area contributed by atoms with Crippen LogP contribution in [-0.4, -0.2) is 53.8 Å². The summed E-state index contributed by atoms with van der Waals surface area (Å²) in [5.74, 6) is 0.470. The van der Waals surface area contributed by atoms with E-state index in [-0.39, 0.29) is 17.4 Å². The van der Waals surface area contributed by atoms with Crippen LogP contribution in [0, 0.1) is 5.41 Å². The van der Waals surface area contributed by atoms with Gasteiger partial charge in [0.1, 0.15) is 10.7 Å². The SMILES string of the molecule is N[C@H]1CCN(c2ncc(C(=O)N3CCC4(CCC(=O)CC4)C3)s2)C1. The fraction of sp³-hybridized carbons (Fsp3) is 0.706. The first-order valence-corrected chi connectivity index (χ1v) is 9.64. The maximum Gasteiger partial charge on any atom is 0.265 e. The van der Waals surface area contributed by atoms with E-state index in [9.17, 15) is 9.59 Å². The Morgan fingerprint density at radius 1 is 1.29 bits per heavy atom. The van der Waals surface area contributed by atoms with Gasteiger partial charge in [0, 0.05) is 45.1 Å². The molecule has 1 aromatic rings. The van der Waals surface area contributed by atoms with Gasteiger partial charge >= 0.3 is 0 Å². The number of thiazole rings is 1. The van der Waals surface area contributed by atoms with E-state index in [2.05, 4.69) is 9.88 Å². The molecule has 7 heteroatoms. The molecule has 2 aliphatic heterocycles. The number of carbonyl (C=O) groups excluding carboxylic acids is 2. The second-order valence-electron chi connectivity index (χ2n) is 7.52. The third-order valence-electron chi connectivity index (χ3n) is 5.79. The summed E-state index contributed by atoms with van der Waals surface area (Å²) in [5, 5.41) is 0.906. The van der Waals surface area contributed by atoms with Gasteiger partial charge in [0.2, 0.25) is 0 Å². The minimum absolute atomic E-state index is 0.0935. The number of nitrogens with two attached hydrogens (primary N) is 1. The van der Waals surface area contributed by atoms with E-state index < -0.39 is 0 Å². The van der Waals surface area contributed by atoms with E-state index in [0.717, 1.165) is 61.9 Å². The van der Waals surface area contributed by atoms with Crippen molar-refractivity contribution >= 4 is 28.2 Å². The summed E-state index contributed by atoms with van der Waals surface area (Å²) in [6.45, 7) is 3.33. The number of hydrogen-bond donors (Lipinski definition) is 1. The maximum absolute atomic E-state index is 12.8. The van der Waals surface area contributed by atoms with Crippen LogP contribution in [0.15, 0.2) is 6.20 Å². The third-order valence-corrected chi connectivity index (χ3v) is 6.84. The molecule has 3 heterocycles. The number of anilines is 1. The van der Waals surface area contributed by atoms with Crippen LogP contribution < -0.4 is 10.6 Å². The van der Waals surface area contributed by atoms with Gasteiger partial charge in [-0.05, 0) is 31.1 Å². The van der Waals surface area contributed by atoms with Gasteiger partial charge in [0.25, 0.3) is 5.91 Å². The topological polar surface area (TPSA) is 79.5 Å². The lowest BCUT2D eigenvalue weighted by atomic mass is 9.73. The van der Waals surface area contributed by atoms with Gasteiger partial charge < -0.3 is 15.5 Å². The zero-order valence-electron chi connectivity index (χ0n) is 13.9. The molecule has 3 aliphatic rings. The summed E-state index contributed by atoms with van der Waals surface area (Å²) in [6.07, 6.45) is 6.96. The average molecular weight is 348 g/mol. The molecule has 2 saturated heterocycles. The summed E-state index contributed by atoms with van der Waals surface area (Å²) >= 11 is 1.48. The Labute approximate surface area is 146 Å². The van der Waals surface area contributed by atoms with Crippen molar-refractivity contribution in [2.75, 3.05) is 31.1 Å². The molecular weight excluding hydrogens is 324 g/mol. The third kappa shape index (κ3) is 2.95. The monoisotopic (exact) mass is 348 g/mol. The molecule has 1 aromatic heterocycles. The van der Waals surface area contributed by atoms with E-state index in [1.807, 2.05) is 4.90 Å². The second kappa shape index (κ2) is 6.11. The van der Waals surface area contributed by atoms with Gasteiger partial charge in [-0.3, -0.25) is 9.59 Å². The molecule has 0 bridgehead atoms. The Bertz CT molecular complexity index is 649. The summed E-state index contributed by atoms with van der Waals surface area (Å²) in [4.78, 5) is 33.6. The fourth-order valence-electron chi connectivity index (χ4n) is 4.20. The van der Waals surface area contributed by atoms with Gasteiger partial charge in [-0.25, -0.2) is 4.98 Å². The Balaban J connectivity index is 1.41. The van der Waals surface area contributed by atoms with Crippen molar-refractivity contribution in [1.82, 2.24) is 9.88 Å². The molecule has 24 heavy (non-hydrogen) atoms. The van der Waals surface area contributed by atoms with Crippen LogP contribution in [-0.2, 0) is 4.79 Å². The lowest BCUT2D eigenvalue weighted by Gasteiger charge is -2.32. The number of rotatable bonds is 2. The molecular formula is C17H24N4O2S. The molecule has 0 unspecified atom stereocenters. The summed E-state index contributed by atoms with van der Waals surface area (Å²) < 4.78 is 0. The van der Waals surface area contributed by atoms with Gasteiger partial charge in [-0.2, -0.15) is 0 Å². The highest BCUT2D eigenvalue weighted by Crippen LogP contribution is 2.43. The van der Waals surface area contributed by atoms with Crippen LogP contribution >= 0.6 is 11.3 Å². The molecule has 1 amide bonds. The number of likely N-dealkylation sites (tertiary alicyclic amines) is 1. The average Bonchev–Trinajstić information content (AvgIpc) is 3.30. The zero-order valence-corrected chi connectivity index (χ0v) is 14.7. The van der Waals surface area contributed by atoms with Crippen LogP contribution in [0.5, 0.6) is 0 Å². The molecule has 130 valence electrons. The minimum atomic E-state index is 0.0935. The molecule has 1 atom stereocenters. The highest BCUT2D eigenvalue weighted by molar-refractivity contribution is 7.17.